The van der Waals surface area contributed by atoms with Gasteiger partial charge in [0.1, 0.15) is 5.60 Å². The lowest BCUT2D eigenvalue weighted by atomic mass is 9.98. The molecule has 0 spiro atoms. The molecule has 4 nitrogen and oxygen atoms in total. The van der Waals surface area contributed by atoms with Gasteiger partial charge in [0.2, 0.25) is 0 Å². The molecule has 2 rings (SSSR count). The maximum atomic E-state index is 12.1. The first kappa shape index (κ1) is 19.8. The molecule has 1 aromatic rings. The van der Waals surface area contributed by atoms with Crippen molar-refractivity contribution in [2.24, 2.45) is 5.92 Å². The Balaban J connectivity index is 1.58. The highest BCUT2D eigenvalue weighted by Crippen LogP contribution is 2.22. The van der Waals surface area contributed by atoms with Crippen LogP contribution in [0.15, 0.2) is 30.3 Å². The molecule has 0 bridgehead atoms. The van der Waals surface area contributed by atoms with Crippen LogP contribution in [0.1, 0.15) is 58.4 Å². The smallest absolute Gasteiger partial charge is 0.410 e. The second kappa shape index (κ2) is 9.23. The van der Waals surface area contributed by atoms with Crippen LogP contribution in [0.5, 0.6) is 0 Å². The summed E-state index contributed by atoms with van der Waals surface area (Å²) in [6, 6.07) is 10.7. The molecular formula is C21H34N2O2. The second-order valence-electron chi connectivity index (χ2n) is 8.22. The minimum absolute atomic E-state index is 0.167. The highest BCUT2D eigenvalue weighted by molar-refractivity contribution is 5.68. The Labute approximate surface area is 152 Å². The first-order valence-corrected chi connectivity index (χ1v) is 9.59. The molecule has 1 saturated heterocycles. The topological polar surface area (TPSA) is 41.6 Å². The zero-order valence-electron chi connectivity index (χ0n) is 16.3. The first-order chi connectivity index (χ1) is 11.8. The number of ether oxygens (including phenoxy) is 1. The van der Waals surface area contributed by atoms with Crippen molar-refractivity contribution in [2.75, 3.05) is 26.2 Å². The number of nitrogens with one attached hydrogen (secondary N) is 1. The number of hydrogen-bond acceptors (Lipinski definition) is 3. The number of nitrogens with zero attached hydrogens (tertiary/aromatic N) is 1. The van der Waals surface area contributed by atoms with Crippen LogP contribution in [-0.2, 0) is 4.74 Å². The number of rotatable bonds is 7. The summed E-state index contributed by atoms with van der Waals surface area (Å²) in [7, 11) is 0. The lowest BCUT2D eigenvalue weighted by Gasteiger charge is -2.24. The molecule has 1 fully saturated rings. The van der Waals surface area contributed by atoms with E-state index < -0.39 is 5.60 Å². The zero-order valence-corrected chi connectivity index (χ0v) is 16.3. The average molecular weight is 347 g/mol. The molecule has 1 aliphatic rings. The van der Waals surface area contributed by atoms with Crippen LogP contribution in [-0.4, -0.2) is 42.8 Å². The number of carbonyl (C=O) groups excluding carboxylic acids is 1. The molecule has 1 aromatic carbocycles. The van der Waals surface area contributed by atoms with E-state index in [0.29, 0.717) is 11.8 Å². The predicted octanol–water partition coefficient (Wildman–Crippen LogP) is 4.42. The normalized spacial score (nSPS) is 19.0. The largest absolute Gasteiger partial charge is 0.444 e. The molecule has 2 unspecified atom stereocenters. The molecule has 4 heteroatoms. The van der Waals surface area contributed by atoms with E-state index >= 15 is 0 Å². The summed E-state index contributed by atoms with van der Waals surface area (Å²) >= 11 is 0. The van der Waals surface area contributed by atoms with E-state index in [2.05, 4.69) is 42.6 Å². The molecule has 0 aromatic heterocycles. The average Bonchev–Trinajstić information content (AvgIpc) is 3.03. The highest BCUT2D eigenvalue weighted by atomic mass is 16.6. The van der Waals surface area contributed by atoms with Gasteiger partial charge in [-0.1, -0.05) is 37.3 Å². The summed E-state index contributed by atoms with van der Waals surface area (Å²) in [6.07, 6.45) is 3.19. The maximum Gasteiger partial charge on any atom is 0.410 e. The number of likely N-dealkylation sites (tertiary alicyclic amines) is 1. The fourth-order valence-corrected chi connectivity index (χ4v) is 3.26. The van der Waals surface area contributed by atoms with E-state index in [1.165, 1.54) is 5.56 Å². The van der Waals surface area contributed by atoms with Crippen molar-refractivity contribution in [3.05, 3.63) is 35.9 Å². The molecule has 0 radical (unpaired) electrons. The number of amides is 1. The van der Waals surface area contributed by atoms with Gasteiger partial charge in [-0.25, -0.2) is 4.79 Å². The number of hydrogen-bond donors (Lipinski definition) is 1. The molecule has 140 valence electrons. The van der Waals surface area contributed by atoms with Gasteiger partial charge in [0, 0.05) is 13.1 Å². The van der Waals surface area contributed by atoms with Crippen molar-refractivity contribution in [1.29, 1.82) is 0 Å². The third kappa shape index (κ3) is 7.07. The van der Waals surface area contributed by atoms with Crippen molar-refractivity contribution < 1.29 is 9.53 Å². The van der Waals surface area contributed by atoms with Crippen LogP contribution >= 0.6 is 0 Å². The van der Waals surface area contributed by atoms with Crippen molar-refractivity contribution >= 4 is 6.09 Å². The van der Waals surface area contributed by atoms with Gasteiger partial charge in [-0.3, -0.25) is 0 Å². The lowest BCUT2D eigenvalue weighted by Crippen LogP contribution is -2.35. The van der Waals surface area contributed by atoms with Gasteiger partial charge >= 0.3 is 6.09 Å². The predicted molar refractivity (Wildman–Crippen MR) is 103 cm³/mol. The number of carbonyl (C=O) groups is 1. The van der Waals surface area contributed by atoms with Crippen LogP contribution in [0.3, 0.4) is 0 Å². The summed E-state index contributed by atoms with van der Waals surface area (Å²) in [5.74, 6) is 1.18. The molecule has 1 amide bonds. The number of benzene rings is 1. The molecule has 0 saturated carbocycles. The molecule has 2 atom stereocenters. The summed E-state index contributed by atoms with van der Waals surface area (Å²) in [5, 5.41) is 3.56. The molecule has 1 heterocycles. The third-order valence-corrected chi connectivity index (χ3v) is 4.79. The van der Waals surface area contributed by atoms with Gasteiger partial charge < -0.3 is 15.0 Å². The first-order valence-electron chi connectivity index (χ1n) is 9.59. The van der Waals surface area contributed by atoms with Crippen LogP contribution in [0.4, 0.5) is 4.79 Å². The molecule has 1 N–H and O–H groups in total. The van der Waals surface area contributed by atoms with Gasteiger partial charge in [0.15, 0.2) is 0 Å². The monoisotopic (exact) mass is 346 g/mol. The Hall–Kier alpha value is -1.55. The Kier molecular flexibility index (Phi) is 7.30. The van der Waals surface area contributed by atoms with Gasteiger partial charge in [-0.05, 0) is 70.5 Å². The second-order valence-corrected chi connectivity index (χ2v) is 8.22. The summed E-state index contributed by atoms with van der Waals surface area (Å²) in [4.78, 5) is 13.9. The van der Waals surface area contributed by atoms with E-state index in [9.17, 15) is 4.79 Å². The third-order valence-electron chi connectivity index (χ3n) is 4.79. The van der Waals surface area contributed by atoms with Crippen LogP contribution in [0, 0.1) is 5.92 Å². The summed E-state index contributed by atoms with van der Waals surface area (Å²) in [6.45, 7) is 11.7. The van der Waals surface area contributed by atoms with Crippen LogP contribution < -0.4 is 5.32 Å². The van der Waals surface area contributed by atoms with Crippen LogP contribution in [0.2, 0.25) is 0 Å². The van der Waals surface area contributed by atoms with E-state index in [1.54, 1.807) is 0 Å². The fraction of sp³-hybridized carbons (Fsp3) is 0.667. The van der Waals surface area contributed by atoms with Crippen molar-refractivity contribution in [2.45, 2.75) is 58.5 Å². The van der Waals surface area contributed by atoms with E-state index in [-0.39, 0.29) is 6.09 Å². The van der Waals surface area contributed by atoms with Gasteiger partial charge in [-0.2, -0.15) is 0 Å². The van der Waals surface area contributed by atoms with E-state index in [0.717, 1.165) is 45.4 Å². The molecule has 1 aliphatic heterocycles. The lowest BCUT2D eigenvalue weighted by molar-refractivity contribution is 0.0287. The maximum absolute atomic E-state index is 12.1. The van der Waals surface area contributed by atoms with Crippen molar-refractivity contribution in [1.82, 2.24) is 10.2 Å². The molecule has 0 aliphatic carbocycles. The zero-order chi connectivity index (χ0) is 18.3. The minimum Gasteiger partial charge on any atom is -0.444 e. The van der Waals surface area contributed by atoms with Crippen molar-refractivity contribution in [3.63, 3.8) is 0 Å². The van der Waals surface area contributed by atoms with Crippen LogP contribution in [0.25, 0.3) is 0 Å². The van der Waals surface area contributed by atoms with Crippen molar-refractivity contribution in [3.8, 4) is 0 Å². The highest BCUT2D eigenvalue weighted by Gasteiger charge is 2.29. The quantitative estimate of drug-likeness (QED) is 0.743. The summed E-state index contributed by atoms with van der Waals surface area (Å²) < 4.78 is 5.45. The van der Waals surface area contributed by atoms with E-state index in [4.69, 9.17) is 4.74 Å². The van der Waals surface area contributed by atoms with Gasteiger partial charge in [0.05, 0.1) is 0 Å². The Morgan fingerprint density at radius 1 is 1.28 bits per heavy atom. The Bertz CT molecular complexity index is 524. The Morgan fingerprint density at radius 2 is 2.00 bits per heavy atom. The van der Waals surface area contributed by atoms with Gasteiger partial charge in [-0.15, -0.1) is 0 Å². The minimum atomic E-state index is -0.411. The summed E-state index contributed by atoms with van der Waals surface area (Å²) in [5.41, 5.74) is 1.000. The molecular weight excluding hydrogens is 312 g/mol. The fourth-order valence-electron chi connectivity index (χ4n) is 3.26. The standard InChI is InChI=1S/C21H34N2O2/c1-17(19-8-6-5-7-9-19)10-13-22-14-11-18-12-15-23(16-18)20(24)25-21(2,3)4/h5-9,17-18,22H,10-16H2,1-4H3. The SMILES string of the molecule is CC(CCNCCC1CCN(C(=O)OC(C)(C)C)C1)c1ccccc1. The van der Waals surface area contributed by atoms with Gasteiger partial charge in [0.25, 0.3) is 0 Å². The van der Waals surface area contributed by atoms with E-state index in [1.807, 2.05) is 25.7 Å². The molecule has 25 heavy (non-hydrogen) atoms. The Morgan fingerprint density at radius 3 is 2.68 bits per heavy atom.